The van der Waals surface area contributed by atoms with E-state index in [1.54, 1.807) is 0 Å². The number of rotatable bonds is 12. The summed E-state index contributed by atoms with van der Waals surface area (Å²) < 4.78 is 5.41. The van der Waals surface area contributed by atoms with Gasteiger partial charge >= 0.3 is 5.97 Å². The van der Waals surface area contributed by atoms with Crippen molar-refractivity contribution in [1.29, 1.82) is 0 Å². The van der Waals surface area contributed by atoms with E-state index in [0.717, 1.165) is 41.8 Å². The first-order chi connectivity index (χ1) is 19.4. The molecule has 1 aromatic heterocycles. The Morgan fingerprint density at radius 3 is 2.62 bits per heavy atom. The molecule has 0 aliphatic heterocycles. The molecule has 3 aromatic carbocycles. The van der Waals surface area contributed by atoms with Gasteiger partial charge in [-0.1, -0.05) is 78.3 Å². The number of halogens is 1. The van der Waals surface area contributed by atoms with Crippen molar-refractivity contribution < 1.29 is 9.53 Å². The monoisotopic (exact) mass is 569 g/mol. The maximum absolute atomic E-state index is 11.4. The Bertz CT molecular complexity index is 1500. The van der Waals surface area contributed by atoms with Crippen LogP contribution in [0.3, 0.4) is 0 Å². The van der Waals surface area contributed by atoms with Gasteiger partial charge in [-0.3, -0.25) is 4.79 Å². The zero-order valence-electron chi connectivity index (χ0n) is 23.2. The Balaban J connectivity index is 1.31. The average molecular weight is 570 g/mol. The number of nitrogens with zero attached hydrogens (tertiary/aromatic N) is 1. The number of thioether (sulfide) groups is 1. The number of hydrogen-bond acceptors (Lipinski definition) is 4. The van der Waals surface area contributed by atoms with Gasteiger partial charge in [0.05, 0.1) is 11.2 Å². The van der Waals surface area contributed by atoms with Gasteiger partial charge in [0, 0.05) is 29.0 Å². The van der Waals surface area contributed by atoms with Gasteiger partial charge in [0.1, 0.15) is 6.10 Å². The molecule has 5 heteroatoms. The molecule has 1 saturated carbocycles. The number of carbonyl (C=O) groups excluding carboxylic acids is 1. The van der Waals surface area contributed by atoms with Crippen LogP contribution in [-0.2, 0) is 22.4 Å². The Morgan fingerprint density at radius 1 is 1.02 bits per heavy atom. The number of pyridine rings is 1. The lowest BCUT2D eigenvalue weighted by Crippen LogP contribution is -2.16. The fourth-order valence-corrected chi connectivity index (χ4v) is 6.68. The van der Waals surface area contributed by atoms with Crippen molar-refractivity contribution in [2.45, 2.75) is 57.3 Å². The SMILES string of the molecule is CC(=O)OC(C)Cc1ccccc1CCC(SCC1CC1)c1cccc(C=Cc2ccc3ccc(Cl)cc3n2)c1. The van der Waals surface area contributed by atoms with E-state index in [0.29, 0.717) is 10.3 Å². The number of esters is 1. The van der Waals surface area contributed by atoms with Gasteiger partial charge in [-0.15, -0.1) is 0 Å². The lowest BCUT2D eigenvalue weighted by molar-refractivity contribution is -0.145. The second-order valence-corrected chi connectivity index (χ2v) is 12.4. The van der Waals surface area contributed by atoms with Crippen molar-refractivity contribution >= 4 is 52.4 Å². The fourth-order valence-electron chi connectivity index (χ4n) is 5.05. The zero-order valence-corrected chi connectivity index (χ0v) is 24.8. The second kappa shape index (κ2) is 13.5. The quantitative estimate of drug-likeness (QED) is 0.159. The molecule has 5 rings (SSSR count). The van der Waals surface area contributed by atoms with Crippen LogP contribution < -0.4 is 0 Å². The lowest BCUT2D eigenvalue weighted by Gasteiger charge is -2.20. The third-order valence-corrected chi connectivity index (χ3v) is 9.11. The fraction of sp³-hybridized carbons (Fsp3) is 0.314. The highest BCUT2D eigenvalue weighted by Crippen LogP contribution is 2.41. The minimum Gasteiger partial charge on any atom is -0.463 e. The Hall–Kier alpha value is -3.08. The highest BCUT2D eigenvalue weighted by molar-refractivity contribution is 7.99. The van der Waals surface area contributed by atoms with Crippen LogP contribution in [0.1, 0.15) is 66.3 Å². The highest BCUT2D eigenvalue weighted by Gasteiger charge is 2.24. The molecule has 4 aromatic rings. The zero-order chi connectivity index (χ0) is 27.9. The van der Waals surface area contributed by atoms with E-state index in [2.05, 4.69) is 78.5 Å². The summed E-state index contributed by atoms with van der Waals surface area (Å²) in [6.07, 6.45) is 9.63. The van der Waals surface area contributed by atoms with Gasteiger partial charge in [0.15, 0.2) is 0 Å². The first-order valence-electron chi connectivity index (χ1n) is 14.1. The lowest BCUT2D eigenvalue weighted by atomic mass is 9.96. The van der Waals surface area contributed by atoms with Crippen molar-refractivity contribution in [2.24, 2.45) is 5.92 Å². The Kier molecular flexibility index (Phi) is 9.62. The molecule has 1 aliphatic carbocycles. The number of benzene rings is 3. The van der Waals surface area contributed by atoms with Gasteiger partial charge in [0.25, 0.3) is 0 Å². The summed E-state index contributed by atoms with van der Waals surface area (Å²) in [5, 5.41) is 2.21. The maximum Gasteiger partial charge on any atom is 0.302 e. The van der Waals surface area contributed by atoms with E-state index in [1.165, 1.54) is 47.8 Å². The molecular formula is C35H36ClNO2S. The van der Waals surface area contributed by atoms with Crippen molar-refractivity contribution in [3.63, 3.8) is 0 Å². The third-order valence-electron chi connectivity index (χ3n) is 7.30. The third kappa shape index (κ3) is 8.22. The molecule has 1 aliphatic rings. The van der Waals surface area contributed by atoms with Gasteiger partial charge in [0.2, 0.25) is 0 Å². The van der Waals surface area contributed by atoms with Crippen LogP contribution in [0, 0.1) is 5.92 Å². The molecule has 0 bridgehead atoms. The summed E-state index contributed by atoms with van der Waals surface area (Å²) in [6, 6.07) is 27.4. The molecule has 2 unspecified atom stereocenters. The smallest absolute Gasteiger partial charge is 0.302 e. The first kappa shape index (κ1) is 28.4. The second-order valence-electron chi connectivity index (χ2n) is 10.8. The summed E-state index contributed by atoms with van der Waals surface area (Å²) >= 11 is 8.28. The molecule has 1 heterocycles. The summed E-state index contributed by atoms with van der Waals surface area (Å²) in [6.45, 7) is 3.44. The van der Waals surface area contributed by atoms with Crippen LogP contribution in [0.15, 0.2) is 78.9 Å². The molecule has 0 spiro atoms. The molecule has 206 valence electrons. The van der Waals surface area contributed by atoms with Crippen LogP contribution in [0.25, 0.3) is 23.1 Å². The summed E-state index contributed by atoms with van der Waals surface area (Å²) in [4.78, 5) is 16.2. The first-order valence-corrected chi connectivity index (χ1v) is 15.6. The molecule has 0 N–H and O–H groups in total. The van der Waals surface area contributed by atoms with Gasteiger partial charge in [-0.2, -0.15) is 11.8 Å². The highest BCUT2D eigenvalue weighted by atomic mass is 35.5. The van der Waals surface area contributed by atoms with Crippen molar-refractivity contribution in [3.05, 3.63) is 112 Å². The van der Waals surface area contributed by atoms with E-state index in [1.807, 2.05) is 31.2 Å². The molecule has 0 radical (unpaired) electrons. The van der Waals surface area contributed by atoms with E-state index in [9.17, 15) is 4.79 Å². The maximum atomic E-state index is 11.4. The number of aromatic nitrogens is 1. The van der Waals surface area contributed by atoms with Crippen molar-refractivity contribution in [1.82, 2.24) is 4.98 Å². The van der Waals surface area contributed by atoms with Crippen molar-refractivity contribution in [3.8, 4) is 0 Å². The summed E-state index contributed by atoms with van der Waals surface area (Å²) in [5.74, 6) is 1.87. The van der Waals surface area contributed by atoms with E-state index >= 15 is 0 Å². The Morgan fingerprint density at radius 2 is 1.82 bits per heavy atom. The molecule has 2 atom stereocenters. The van der Waals surface area contributed by atoms with Crippen LogP contribution in [0.4, 0.5) is 0 Å². The summed E-state index contributed by atoms with van der Waals surface area (Å²) in [5.41, 5.74) is 6.98. The molecular weight excluding hydrogens is 534 g/mol. The van der Waals surface area contributed by atoms with Crippen LogP contribution >= 0.6 is 23.4 Å². The van der Waals surface area contributed by atoms with Crippen LogP contribution in [0.2, 0.25) is 5.02 Å². The average Bonchev–Trinajstić information content (AvgIpc) is 3.77. The normalized spacial score (nSPS) is 14.9. The molecule has 3 nitrogen and oxygen atoms in total. The van der Waals surface area contributed by atoms with E-state index in [4.69, 9.17) is 21.3 Å². The largest absolute Gasteiger partial charge is 0.463 e. The van der Waals surface area contributed by atoms with Gasteiger partial charge in [-0.05, 0) is 90.8 Å². The predicted octanol–water partition coefficient (Wildman–Crippen LogP) is 9.37. The molecule has 0 amide bonds. The molecule has 0 saturated heterocycles. The van der Waals surface area contributed by atoms with E-state index in [-0.39, 0.29) is 12.1 Å². The predicted molar refractivity (Wildman–Crippen MR) is 170 cm³/mol. The van der Waals surface area contributed by atoms with Gasteiger partial charge < -0.3 is 4.74 Å². The van der Waals surface area contributed by atoms with Gasteiger partial charge in [-0.25, -0.2) is 4.98 Å². The number of fused-ring (bicyclic) bond motifs is 1. The van der Waals surface area contributed by atoms with Crippen molar-refractivity contribution in [2.75, 3.05) is 5.75 Å². The molecule has 1 fully saturated rings. The number of carbonyl (C=O) groups is 1. The number of ether oxygens (including phenoxy) is 1. The van der Waals surface area contributed by atoms with Crippen LogP contribution in [-0.4, -0.2) is 22.8 Å². The minimum atomic E-state index is -0.226. The minimum absolute atomic E-state index is 0.128. The standard InChI is InChI=1S/C35H36ClNO2S/c1-24(39-25(2)38)20-30-8-4-3-7-28(30)15-19-35(40-23-27-10-11-27)31-9-5-6-26(21-31)12-17-33-18-14-29-13-16-32(36)22-34(29)37-33/h3-9,12-14,16-18,21-22,24,27,35H,10-11,15,19-20,23H2,1-2H3. The number of aryl methyl sites for hydroxylation is 1. The Labute approximate surface area is 247 Å². The topological polar surface area (TPSA) is 39.2 Å². The number of hydrogen-bond donors (Lipinski definition) is 0. The molecule has 40 heavy (non-hydrogen) atoms. The van der Waals surface area contributed by atoms with Crippen LogP contribution in [0.5, 0.6) is 0 Å². The van der Waals surface area contributed by atoms with E-state index < -0.39 is 0 Å². The summed E-state index contributed by atoms with van der Waals surface area (Å²) in [7, 11) is 0.